The van der Waals surface area contributed by atoms with Gasteiger partial charge in [0.1, 0.15) is 5.82 Å². The smallest absolute Gasteiger partial charge is 0.291 e. The van der Waals surface area contributed by atoms with Gasteiger partial charge in [-0.2, -0.15) is 5.26 Å². The summed E-state index contributed by atoms with van der Waals surface area (Å²) in [5, 5.41) is 9.03. The van der Waals surface area contributed by atoms with E-state index in [9.17, 15) is 4.79 Å². The molecule has 7 nitrogen and oxygen atoms in total. The van der Waals surface area contributed by atoms with E-state index in [4.69, 9.17) is 5.26 Å². The summed E-state index contributed by atoms with van der Waals surface area (Å²) in [6.07, 6.45) is 2.56. The van der Waals surface area contributed by atoms with E-state index in [2.05, 4.69) is 39.9 Å². The first-order valence-corrected chi connectivity index (χ1v) is 9.36. The number of carbonyl (C=O) groups is 1. The molecule has 0 saturated carbocycles. The molecule has 3 rings (SSSR count). The van der Waals surface area contributed by atoms with Crippen LogP contribution in [0.4, 0.5) is 5.82 Å². The normalized spacial score (nSPS) is 21.3. The second-order valence-corrected chi connectivity index (χ2v) is 7.63. The molecular weight excluding hydrogens is 328 g/mol. The molecule has 0 aromatic carbocycles. The van der Waals surface area contributed by atoms with Crippen LogP contribution in [0.25, 0.3) is 0 Å². The summed E-state index contributed by atoms with van der Waals surface area (Å²) in [6.45, 7) is 7.05. The quantitative estimate of drug-likeness (QED) is 0.819. The number of piperidine rings is 1. The highest BCUT2D eigenvalue weighted by Gasteiger charge is 2.29. The molecule has 0 spiro atoms. The molecule has 0 aliphatic carbocycles. The molecule has 2 fully saturated rings. The van der Waals surface area contributed by atoms with Crippen molar-refractivity contribution < 1.29 is 4.79 Å². The molecular formula is C19H28N6O. The molecule has 0 N–H and O–H groups in total. The van der Waals surface area contributed by atoms with Gasteiger partial charge in [-0.05, 0) is 47.2 Å². The molecule has 0 unspecified atom stereocenters. The lowest BCUT2D eigenvalue weighted by Crippen LogP contribution is -2.39. The number of hydrogen-bond donors (Lipinski definition) is 0. The number of amides is 1. The zero-order valence-electron chi connectivity index (χ0n) is 16.2. The Kier molecular flexibility index (Phi) is 5.42. The van der Waals surface area contributed by atoms with Gasteiger partial charge >= 0.3 is 0 Å². The van der Waals surface area contributed by atoms with Crippen LogP contribution in [0.1, 0.15) is 41.1 Å². The Hall–Kier alpha value is -2.20. The van der Waals surface area contributed by atoms with Crippen molar-refractivity contribution in [2.24, 2.45) is 5.92 Å². The number of likely N-dealkylation sites (tertiary alicyclic amines) is 1. The second-order valence-electron chi connectivity index (χ2n) is 7.63. The van der Waals surface area contributed by atoms with E-state index in [-0.39, 0.29) is 17.6 Å². The van der Waals surface area contributed by atoms with E-state index in [0.29, 0.717) is 19.1 Å². The first-order chi connectivity index (χ1) is 12.4. The van der Waals surface area contributed by atoms with Gasteiger partial charge in [0.05, 0.1) is 6.07 Å². The van der Waals surface area contributed by atoms with Crippen LogP contribution in [0.15, 0.2) is 0 Å². The minimum absolute atomic E-state index is 0.0582. The minimum atomic E-state index is -0.117. The van der Waals surface area contributed by atoms with Crippen LogP contribution in [0.5, 0.6) is 0 Å². The van der Waals surface area contributed by atoms with Crippen LogP contribution >= 0.6 is 0 Å². The van der Waals surface area contributed by atoms with E-state index in [0.717, 1.165) is 49.4 Å². The maximum Gasteiger partial charge on any atom is 0.291 e. The third-order valence-electron chi connectivity index (χ3n) is 5.71. The molecule has 1 amide bonds. The predicted molar refractivity (Wildman–Crippen MR) is 100 cm³/mol. The topological polar surface area (TPSA) is 76.4 Å². The van der Waals surface area contributed by atoms with Crippen LogP contribution in [0, 0.1) is 31.1 Å². The minimum Gasteiger partial charge on any atom is -0.355 e. The number of aromatic nitrogens is 2. The first kappa shape index (κ1) is 18.6. The van der Waals surface area contributed by atoms with Crippen LogP contribution in [0.2, 0.25) is 0 Å². The van der Waals surface area contributed by atoms with Crippen LogP contribution in [-0.4, -0.2) is 72.0 Å². The summed E-state index contributed by atoms with van der Waals surface area (Å²) in [5.74, 6) is 1.11. The summed E-state index contributed by atoms with van der Waals surface area (Å²) in [7, 11) is 4.21. The number of hydrogen-bond acceptors (Lipinski definition) is 6. The van der Waals surface area contributed by atoms with Crippen LogP contribution in [0.3, 0.4) is 0 Å². The second kappa shape index (κ2) is 7.58. The fourth-order valence-electron chi connectivity index (χ4n) is 3.73. The number of nitrogens with zero attached hydrogens (tertiary/aromatic N) is 6. The SMILES string of the molecule is Cc1nc(C(=O)N2CCC(C#N)CC2)nc(N2CC[C@@H](N(C)C)C2)c1C. The zero-order valence-corrected chi connectivity index (χ0v) is 16.2. The average molecular weight is 356 g/mol. The van der Waals surface area contributed by atoms with E-state index < -0.39 is 0 Å². The zero-order chi connectivity index (χ0) is 18.8. The van der Waals surface area contributed by atoms with Crippen molar-refractivity contribution >= 4 is 11.7 Å². The van der Waals surface area contributed by atoms with E-state index in [1.807, 2.05) is 13.8 Å². The maximum absolute atomic E-state index is 12.9. The van der Waals surface area contributed by atoms with Crippen molar-refractivity contribution in [3.05, 3.63) is 17.1 Å². The summed E-state index contributed by atoms with van der Waals surface area (Å²) in [4.78, 5) is 28.3. The lowest BCUT2D eigenvalue weighted by Gasteiger charge is -2.29. The van der Waals surface area contributed by atoms with E-state index >= 15 is 0 Å². The number of nitriles is 1. The van der Waals surface area contributed by atoms with Gasteiger partial charge in [0.2, 0.25) is 5.82 Å². The summed E-state index contributed by atoms with van der Waals surface area (Å²) >= 11 is 0. The van der Waals surface area contributed by atoms with Crippen LogP contribution < -0.4 is 4.90 Å². The fourth-order valence-corrected chi connectivity index (χ4v) is 3.73. The summed E-state index contributed by atoms with van der Waals surface area (Å²) < 4.78 is 0. The highest BCUT2D eigenvalue weighted by atomic mass is 16.2. The molecule has 140 valence electrons. The molecule has 3 heterocycles. The van der Waals surface area contributed by atoms with Gasteiger partial charge in [-0.3, -0.25) is 4.79 Å². The Morgan fingerprint density at radius 1 is 1.15 bits per heavy atom. The first-order valence-electron chi connectivity index (χ1n) is 9.36. The molecule has 1 aromatic heterocycles. The fraction of sp³-hybridized carbons (Fsp3) is 0.684. The van der Waals surface area contributed by atoms with Crippen molar-refractivity contribution in [3.63, 3.8) is 0 Å². The molecule has 1 aromatic rings. The number of rotatable bonds is 3. The molecule has 2 saturated heterocycles. The predicted octanol–water partition coefficient (Wildman–Crippen LogP) is 1.61. The van der Waals surface area contributed by atoms with Crippen LogP contribution in [-0.2, 0) is 0 Å². The highest BCUT2D eigenvalue weighted by molar-refractivity contribution is 5.91. The van der Waals surface area contributed by atoms with E-state index in [1.54, 1.807) is 4.90 Å². The summed E-state index contributed by atoms with van der Waals surface area (Å²) in [6, 6.07) is 2.81. The molecule has 7 heteroatoms. The van der Waals surface area contributed by atoms with Crippen molar-refractivity contribution in [1.29, 1.82) is 5.26 Å². The third kappa shape index (κ3) is 3.65. The van der Waals surface area contributed by atoms with Gasteiger partial charge in [-0.15, -0.1) is 0 Å². The highest BCUT2D eigenvalue weighted by Crippen LogP contribution is 2.26. The summed E-state index contributed by atoms with van der Waals surface area (Å²) in [5.41, 5.74) is 1.91. The van der Waals surface area contributed by atoms with Gasteiger partial charge in [0.25, 0.3) is 5.91 Å². The van der Waals surface area contributed by atoms with Gasteiger partial charge < -0.3 is 14.7 Å². The monoisotopic (exact) mass is 356 g/mol. The van der Waals surface area contributed by atoms with Gasteiger partial charge in [0, 0.05) is 49.4 Å². The lowest BCUT2D eigenvalue weighted by atomic mass is 9.98. The van der Waals surface area contributed by atoms with Crippen molar-refractivity contribution in [1.82, 2.24) is 19.8 Å². The number of carbonyl (C=O) groups excluding carboxylic acids is 1. The van der Waals surface area contributed by atoms with Crippen molar-refractivity contribution in [2.45, 2.75) is 39.2 Å². The van der Waals surface area contributed by atoms with Crippen molar-refractivity contribution in [2.75, 3.05) is 45.2 Å². The number of anilines is 1. The number of aryl methyl sites for hydroxylation is 1. The largest absolute Gasteiger partial charge is 0.355 e. The molecule has 0 bridgehead atoms. The molecule has 2 aliphatic heterocycles. The third-order valence-corrected chi connectivity index (χ3v) is 5.71. The Bertz CT molecular complexity index is 717. The Labute approximate surface area is 155 Å². The van der Waals surface area contributed by atoms with Gasteiger partial charge in [0.15, 0.2) is 0 Å². The lowest BCUT2D eigenvalue weighted by molar-refractivity contribution is 0.0694. The molecule has 1 atom stereocenters. The molecule has 0 radical (unpaired) electrons. The van der Waals surface area contributed by atoms with E-state index in [1.165, 1.54) is 0 Å². The average Bonchev–Trinajstić information content (AvgIpc) is 3.13. The van der Waals surface area contributed by atoms with Gasteiger partial charge in [-0.25, -0.2) is 9.97 Å². The van der Waals surface area contributed by atoms with Crippen molar-refractivity contribution in [3.8, 4) is 6.07 Å². The number of likely N-dealkylation sites (N-methyl/N-ethyl adjacent to an activating group) is 1. The Balaban J connectivity index is 1.80. The van der Waals surface area contributed by atoms with Gasteiger partial charge in [-0.1, -0.05) is 0 Å². The maximum atomic E-state index is 12.9. The Morgan fingerprint density at radius 3 is 2.42 bits per heavy atom. The standard InChI is InChI=1S/C19H28N6O/c1-13-14(2)21-17(19(26)24-8-5-15(11-20)6-9-24)22-18(13)25-10-7-16(12-25)23(3)4/h15-16H,5-10,12H2,1-4H3/t16-/m1/s1. The molecule has 2 aliphatic rings. The molecule has 26 heavy (non-hydrogen) atoms. The Morgan fingerprint density at radius 2 is 1.85 bits per heavy atom.